The van der Waals surface area contributed by atoms with Crippen LogP contribution in [0.3, 0.4) is 0 Å². The van der Waals surface area contributed by atoms with Crippen molar-refractivity contribution in [3.63, 3.8) is 0 Å². The molecule has 2 aliphatic rings. The summed E-state index contributed by atoms with van der Waals surface area (Å²) in [5, 5.41) is 14.7. The largest absolute Gasteiger partial charge is 0.463 e. The molecule has 1 heterocycles. The van der Waals surface area contributed by atoms with Crippen LogP contribution in [0.25, 0.3) is 0 Å². The molecule has 0 amide bonds. The zero-order chi connectivity index (χ0) is 15.6. The molecule has 7 heteroatoms. The molecule has 3 rings (SSSR count). The van der Waals surface area contributed by atoms with Gasteiger partial charge >= 0.3 is 5.97 Å². The Morgan fingerprint density at radius 1 is 1.23 bits per heavy atom. The lowest BCUT2D eigenvalue weighted by atomic mass is 9.88. The summed E-state index contributed by atoms with van der Waals surface area (Å²) in [5.41, 5.74) is 0.411. The highest BCUT2D eigenvalue weighted by Gasteiger charge is 2.42. The van der Waals surface area contributed by atoms with Gasteiger partial charge in [0.05, 0.1) is 12.8 Å². The number of nitrogens with zero attached hydrogens (tertiary/aromatic N) is 4. The van der Waals surface area contributed by atoms with Crippen molar-refractivity contribution in [2.45, 2.75) is 37.8 Å². The number of benzene rings is 1. The summed E-state index contributed by atoms with van der Waals surface area (Å²) in [5.74, 6) is -0.585. The SMILES string of the molecule is COC(=O)C1=NN(c2ccc(Br)cc2)C2(CCCCC2)N=N1. The quantitative estimate of drug-likeness (QED) is 0.748. The number of hydrazone groups is 1. The van der Waals surface area contributed by atoms with E-state index in [0.29, 0.717) is 0 Å². The van der Waals surface area contributed by atoms with Crippen LogP contribution in [-0.4, -0.2) is 24.6 Å². The molecule has 1 aromatic carbocycles. The highest BCUT2D eigenvalue weighted by atomic mass is 79.9. The van der Waals surface area contributed by atoms with Crippen LogP contribution >= 0.6 is 15.9 Å². The maximum atomic E-state index is 11.7. The molecule has 0 bridgehead atoms. The van der Waals surface area contributed by atoms with E-state index in [1.165, 1.54) is 13.5 Å². The maximum absolute atomic E-state index is 11.7. The second kappa shape index (κ2) is 6.16. The number of esters is 1. The van der Waals surface area contributed by atoms with E-state index in [9.17, 15) is 4.79 Å². The van der Waals surface area contributed by atoms with Crippen molar-refractivity contribution in [3.05, 3.63) is 28.7 Å². The number of amidine groups is 1. The number of anilines is 1. The molecule has 1 fully saturated rings. The van der Waals surface area contributed by atoms with Gasteiger partial charge in [0.25, 0.3) is 5.84 Å². The molecular formula is C15H17BrN4O2. The van der Waals surface area contributed by atoms with E-state index in [1.807, 2.05) is 29.3 Å². The van der Waals surface area contributed by atoms with E-state index in [2.05, 4.69) is 31.3 Å². The van der Waals surface area contributed by atoms with E-state index < -0.39 is 11.6 Å². The van der Waals surface area contributed by atoms with E-state index >= 15 is 0 Å². The Balaban J connectivity index is 2.01. The van der Waals surface area contributed by atoms with Crippen molar-refractivity contribution in [1.82, 2.24) is 0 Å². The molecule has 0 unspecified atom stereocenters. The predicted molar refractivity (Wildman–Crippen MR) is 86.7 cm³/mol. The molecule has 22 heavy (non-hydrogen) atoms. The minimum absolute atomic E-state index is 0.0124. The first-order chi connectivity index (χ1) is 10.6. The van der Waals surface area contributed by atoms with Gasteiger partial charge in [-0.1, -0.05) is 22.4 Å². The fraction of sp³-hybridized carbons (Fsp3) is 0.467. The monoisotopic (exact) mass is 364 g/mol. The van der Waals surface area contributed by atoms with Gasteiger partial charge in [-0.15, -0.1) is 10.2 Å². The molecule has 1 spiro atoms. The predicted octanol–water partition coefficient (Wildman–Crippen LogP) is 3.87. The van der Waals surface area contributed by atoms with Gasteiger partial charge in [-0.2, -0.15) is 5.11 Å². The van der Waals surface area contributed by atoms with Gasteiger partial charge < -0.3 is 4.74 Å². The van der Waals surface area contributed by atoms with Crippen LogP contribution in [-0.2, 0) is 9.53 Å². The van der Waals surface area contributed by atoms with Crippen molar-refractivity contribution in [2.75, 3.05) is 12.1 Å². The lowest BCUT2D eigenvalue weighted by molar-refractivity contribution is -0.132. The van der Waals surface area contributed by atoms with Crippen molar-refractivity contribution >= 4 is 33.4 Å². The van der Waals surface area contributed by atoms with Gasteiger partial charge in [-0.05, 0) is 49.9 Å². The smallest absolute Gasteiger partial charge is 0.379 e. The molecular weight excluding hydrogens is 348 g/mol. The van der Waals surface area contributed by atoms with E-state index in [-0.39, 0.29) is 5.84 Å². The molecule has 0 radical (unpaired) electrons. The van der Waals surface area contributed by atoms with Gasteiger partial charge in [-0.25, -0.2) is 9.80 Å². The summed E-state index contributed by atoms with van der Waals surface area (Å²) in [6, 6.07) is 7.81. The first kappa shape index (κ1) is 15.1. The van der Waals surface area contributed by atoms with E-state index in [0.717, 1.165) is 35.8 Å². The average molecular weight is 365 g/mol. The fourth-order valence-electron chi connectivity index (χ4n) is 2.87. The summed E-state index contributed by atoms with van der Waals surface area (Å²) >= 11 is 3.43. The second-order valence-electron chi connectivity index (χ2n) is 5.45. The molecule has 1 aliphatic heterocycles. The zero-order valence-corrected chi connectivity index (χ0v) is 13.9. The van der Waals surface area contributed by atoms with Crippen LogP contribution < -0.4 is 5.01 Å². The molecule has 0 saturated heterocycles. The third-order valence-corrected chi connectivity index (χ3v) is 4.54. The first-order valence-corrected chi connectivity index (χ1v) is 8.09. The lowest BCUT2D eigenvalue weighted by Gasteiger charge is -2.42. The van der Waals surface area contributed by atoms with Gasteiger partial charge in [-0.3, -0.25) is 0 Å². The zero-order valence-electron chi connectivity index (χ0n) is 12.3. The Bertz CT molecular complexity index is 621. The number of azo groups is 1. The Hall–Kier alpha value is -1.76. The lowest BCUT2D eigenvalue weighted by Crippen LogP contribution is -2.48. The molecule has 116 valence electrons. The summed E-state index contributed by atoms with van der Waals surface area (Å²) in [6.07, 6.45) is 5.11. The van der Waals surface area contributed by atoms with Crippen molar-refractivity contribution in [1.29, 1.82) is 0 Å². The third-order valence-electron chi connectivity index (χ3n) is 4.01. The van der Waals surface area contributed by atoms with Crippen LogP contribution in [0.4, 0.5) is 5.69 Å². The number of rotatable bonds is 2. The summed E-state index contributed by atoms with van der Waals surface area (Å²) in [7, 11) is 1.31. The number of hydrogen-bond acceptors (Lipinski definition) is 6. The number of carbonyl (C=O) groups is 1. The molecule has 1 saturated carbocycles. The molecule has 6 nitrogen and oxygen atoms in total. The van der Waals surface area contributed by atoms with Gasteiger partial charge in [0.1, 0.15) is 0 Å². The number of ether oxygens (including phenoxy) is 1. The second-order valence-corrected chi connectivity index (χ2v) is 6.36. The number of halogens is 1. The third kappa shape index (κ3) is 2.77. The van der Waals surface area contributed by atoms with Crippen molar-refractivity contribution in [2.24, 2.45) is 15.3 Å². The fourth-order valence-corrected chi connectivity index (χ4v) is 3.14. The van der Waals surface area contributed by atoms with Crippen LogP contribution in [0, 0.1) is 0 Å². The molecule has 1 aromatic rings. The molecule has 1 aliphatic carbocycles. The standard InChI is InChI=1S/C15H17BrN4O2/c1-22-14(21)13-17-19-15(9-3-2-4-10-15)20(18-13)12-7-5-11(16)6-8-12/h5-8H,2-4,9-10H2,1H3. The Morgan fingerprint density at radius 3 is 2.55 bits per heavy atom. The summed E-state index contributed by atoms with van der Waals surface area (Å²) in [6.45, 7) is 0. The topological polar surface area (TPSA) is 66.6 Å². The normalized spacial score (nSPS) is 19.9. The maximum Gasteiger partial charge on any atom is 0.379 e. The first-order valence-electron chi connectivity index (χ1n) is 7.30. The van der Waals surface area contributed by atoms with Gasteiger partial charge in [0.2, 0.25) is 0 Å². The Kier molecular flexibility index (Phi) is 4.24. The molecule has 0 N–H and O–H groups in total. The van der Waals surface area contributed by atoms with Crippen LogP contribution in [0.2, 0.25) is 0 Å². The van der Waals surface area contributed by atoms with Crippen molar-refractivity contribution in [3.8, 4) is 0 Å². The number of hydrogen-bond donors (Lipinski definition) is 0. The van der Waals surface area contributed by atoms with Gasteiger partial charge in [0, 0.05) is 4.47 Å². The number of methoxy groups -OCH3 is 1. The summed E-state index contributed by atoms with van der Waals surface area (Å²) in [4.78, 5) is 11.7. The van der Waals surface area contributed by atoms with Crippen LogP contribution in [0.15, 0.2) is 44.1 Å². The highest BCUT2D eigenvalue weighted by molar-refractivity contribution is 9.10. The molecule has 0 aromatic heterocycles. The van der Waals surface area contributed by atoms with Crippen molar-refractivity contribution < 1.29 is 9.53 Å². The van der Waals surface area contributed by atoms with Crippen LogP contribution in [0.1, 0.15) is 32.1 Å². The van der Waals surface area contributed by atoms with E-state index in [1.54, 1.807) is 0 Å². The number of carbonyl (C=O) groups excluding carboxylic acids is 1. The minimum atomic E-state index is -0.573. The minimum Gasteiger partial charge on any atom is -0.463 e. The van der Waals surface area contributed by atoms with Crippen LogP contribution in [0.5, 0.6) is 0 Å². The molecule has 0 atom stereocenters. The van der Waals surface area contributed by atoms with E-state index in [4.69, 9.17) is 4.74 Å². The summed E-state index contributed by atoms with van der Waals surface area (Å²) < 4.78 is 5.70. The Labute approximate surface area is 137 Å². The van der Waals surface area contributed by atoms with Gasteiger partial charge in [0.15, 0.2) is 5.66 Å². The highest BCUT2D eigenvalue weighted by Crippen LogP contribution is 2.40. The average Bonchev–Trinajstić information content (AvgIpc) is 2.56. The Morgan fingerprint density at radius 2 is 1.91 bits per heavy atom.